The minimum atomic E-state index is -0.843. The number of carbonyl (C=O) groups is 2. The first-order chi connectivity index (χ1) is 9.64. The lowest BCUT2D eigenvalue weighted by Crippen LogP contribution is -2.27. The van der Waals surface area contributed by atoms with Crippen LogP contribution in [0.1, 0.15) is 37.9 Å². The maximum Gasteiger partial charge on any atom is 0.412 e. The predicted octanol–water partition coefficient (Wildman–Crippen LogP) is 2.51. The molecule has 6 nitrogen and oxygen atoms in total. The number of nitrogens with two attached hydrogens (primary N) is 1. The Hall–Kier alpha value is -2.08. The summed E-state index contributed by atoms with van der Waals surface area (Å²) >= 11 is 0. The minimum absolute atomic E-state index is 0.512. The quantitative estimate of drug-likeness (QED) is 0.836. The van der Waals surface area contributed by atoms with Gasteiger partial charge in [0.1, 0.15) is 11.6 Å². The zero-order chi connectivity index (χ0) is 16.2. The second-order valence-corrected chi connectivity index (χ2v) is 5.70. The van der Waals surface area contributed by atoms with E-state index in [1.807, 2.05) is 0 Å². The topological polar surface area (TPSA) is 90.6 Å². The molecule has 0 aromatic heterocycles. The number of hydrogen-bond donors (Lipinski definition) is 2. The maximum absolute atomic E-state index is 11.7. The first-order valence-corrected chi connectivity index (χ1v) is 6.58. The Morgan fingerprint density at radius 1 is 1.29 bits per heavy atom. The molecule has 0 aliphatic rings. The van der Waals surface area contributed by atoms with Crippen LogP contribution in [0.25, 0.3) is 0 Å². The normalized spacial score (nSPS) is 12.5. The second-order valence-electron chi connectivity index (χ2n) is 5.70. The molecule has 0 aliphatic carbocycles. The molecule has 1 atom stereocenters. The molecule has 0 saturated heterocycles. The SMILES string of the molecule is COC(=O)C(N)c1ccc(NC(=O)OC(C)(C)C)c(C)c1. The zero-order valence-electron chi connectivity index (χ0n) is 13.0. The van der Waals surface area contributed by atoms with Crippen LogP contribution in [0.15, 0.2) is 18.2 Å². The van der Waals surface area contributed by atoms with Gasteiger partial charge in [-0.05, 0) is 44.9 Å². The number of rotatable bonds is 3. The van der Waals surface area contributed by atoms with Crippen molar-refractivity contribution in [3.8, 4) is 0 Å². The van der Waals surface area contributed by atoms with Crippen LogP contribution in [0.5, 0.6) is 0 Å². The first-order valence-electron chi connectivity index (χ1n) is 6.58. The molecule has 1 aromatic carbocycles. The molecule has 1 amide bonds. The number of anilines is 1. The monoisotopic (exact) mass is 294 g/mol. The van der Waals surface area contributed by atoms with E-state index >= 15 is 0 Å². The Morgan fingerprint density at radius 2 is 1.90 bits per heavy atom. The van der Waals surface area contributed by atoms with E-state index in [0.717, 1.165) is 5.56 Å². The third-order valence-electron chi connectivity index (χ3n) is 2.70. The Labute approximate surface area is 124 Å². The van der Waals surface area contributed by atoms with Crippen LogP contribution in [-0.4, -0.2) is 24.8 Å². The van der Waals surface area contributed by atoms with Gasteiger partial charge in [0.25, 0.3) is 0 Å². The number of methoxy groups -OCH3 is 1. The Balaban J connectivity index is 2.84. The fourth-order valence-corrected chi connectivity index (χ4v) is 1.70. The Morgan fingerprint density at radius 3 is 2.38 bits per heavy atom. The molecule has 0 bridgehead atoms. The number of nitrogens with one attached hydrogen (secondary N) is 1. The Kier molecular flexibility index (Phi) is 5.32. The molecule has 0 fully saturated rings. The summed E-state index contributed by atoms with van der Waals surface area (Å²) in [6.45, 7) is 7.17. The second kappa shape index (κ2) is 6.58. The van der Waals surface area contributed by atoms with E-state index in [1.54, 1.807) is 45.9 Å². The van der Waals surface area contributed by atoms with Crippen LogP contribution in [0.2, 0.25) is 0 Å². The van der Waals surface area contributed by atoms with Gasteiger partial charge in [-0.15, -0.1) is 0 Å². The van der Waals surface area contributed by atoms with Crippen molar-refractivity contribution in [1.82, 2.24) is 0 Å². The fourth-order valence-electron chi connectivity index (χ4n) is 1.70. The number of esters is 1. The van der Waals surface area contributed by atoms with Gasteiger partial charge in [-0.3, -0.25) is 10.1 Å². The van der Waals surface area contributed by atoms with Crippen LogP contribution < -0.4 is 11.1 Å². The highest BCUT2D eigenvalue weighted by Gasteiger charge is 2.19. The van der Waals surface area contributed by atoms with Gasteiger partial charge in [-0.25, -0.2) is 4.79 Å². The summed E-state index contributed by atoms with van der Waals surface area (Å²) in [5, 5.41) is 2.66. The van der Waals surface area contributed by atoms with E-state index in [0.29, 0.717) is 11.3 Å². The molecule has 3 N–H and O–H groups in total. The molecule has 6 heteroatoms. The number of carbonyl (C=O) groups excluding carboxylic acids is 2. The van der Waals surface area contributed by atoms with Crippen molar-refractivity contribution >= 4 is 17.7 Å². The summed E-state index contributed by atoms with van der Waals surface area (Å²) in [5.41, 5.74) is 7.20. The van der Waals surface area contributed by atoms with E-state index in [2.05, 4.69) is 10.1 Å². The van der Waals surface area contributed by atoms with Crippen LogP contribution in [0.4, 0.5) is 10.5 Å². The predicted molar refractivity (Wildman–Crippen MR) is 80.0 cm³/mol. The third-order valence-corrected chi connectivity index (χ3v) is 2.70. The van der Waals surface area contributed by atoms with Crippen LogP contribution in [0.3, 0.4) is 0 Å². The van der Waals surface area contributed by atoms with E-state index in [4.69, 9.17) is 10.5 Å². The van der Waals surface area contributed by atoms with Crippen LogP contribution in [-0.2, 0) is 14.3 Å². The number of aryl methyl sites for hydroxylation is 1. The summed E-state index contributed by atoms with van der Waals surface area (Å²) in [6.07, 6.45) is -0.532. The highest BCUT2D eigenvalue weighted by molar-refractivity contribution is 5.86. The average molecular weight is 294 g/mol. The van der Waals surface area contributed by atoms with Crippen molar-refractivity contribution in [3.05, 3.63) is 29.3 Å². The van der Waals surface area contributed by atoms with Gasteiger partial charge >= 0.3 is 12.1 Å². The minimum Gasteiger partial charge on any atom is -0.468 e. The Bertz CT molecular complexity index is 535. The van der Waals surface area contributed by atoms with Crippen LogP contribution in [0, 0.1) is 6.92 Å². The van der Waals surface area contributed by atoms with Gasteiger partial charge in [-0.1, -0.05) is 12.1 Å². The summed E-state index contributed by atoms with van der Waals surface area (Å²) in [5.74, 6) is -0.512. The van der Waals surface area contributed by atoms with Gasteiger partial charge < -0.3 is 15.2 Å². The lowest BCUT2D eigenvalue weighted by molar-refractivity contribution is -0.142. The fraction of sp³-hybridized carbons (Fsp3) is 0.467. The van der Waals surface area contributed by atoms with Crippen molar-refractivity contribution in [2.75, 3.05) is 12.4 Å². The summed E-state index contributed by atoms with van der Waals surface area (Å²) in [7, 11) is 1.29. The molecular weight excluding hydrogens is 272 g/mol. The van der Waals surface area contributed by atoms with Crippen molar-refractivity contribution in [3.63, 3.8) is 0 Å². The number of benzene rings is 1. The number of ether oxygens (including phenoxy) is 2. The van der Waals surface area contributed by atoms with Crippen LogP contribution >= 0.6 is 0 Å². The van der Waals surface area contributed by atoms with Gasteiger partial charge in [0.2, 0.25) is 0 Å². The molecule has 1 unspecified atom stereocenters. The molecule has 0 heterocycles. The molecule has 0 aliphatic heterocycles. The average Bonchev–Trinajstić information content (AvgIpc) is 2.37. The summed E-state index contributed by atoms with van der Waals surface area (Å²) in [6, 6.07) is 4.23. The summed E-state index contributed by atoms with van der Waals surface area (Å²) in [4.78, 5) is 23.1. The molecule has 116 valence electrons. The molecular formula is C15H22N2O4. The molecule has 1 rings (SSSR count). The number of amides is 1. The van der Waals surface area contributed by atoms with Gasteiger partial charge in [0.05, 0.1) is 7.11 Å². The lowest BCUT2D eigenvalue weighted by atomic mass is 10.0. The first kappa shape index (κ1) is 17.0. The van der Waals surface area contributed by atoms with Crippen molar-refractivity contribution in [2.45, 2.75) is 39.3 Å². The third kappa shape index (κ3) is 5.07. The lowest BCUT2D eigenvalue weighted by Gasteiger charge is -2.20. The highest BCUT2D eigenvalue weighted by atomic mass is 16.6. The van der Waals surface area contributed by atoms with E-state index in [9.17, 15) is 9.59 Å². The van der Waals surface area contributed by atoms with Gasteiger partial charge in [0, 0.05) is 5.69 Å². The maximum atomic E-state index is 11.7. The molecule has 0 saturated carbocycles. The summed E-state index contributed by atoms with van der Waals surface area (Å²) < 4.78 is 9.78. The van der Waals surface area contributed by atoms with Crippen molar-refractivity contribution < 1.29 is 19.1 Å². The molecule has 0 spiro atoms. The van der Waals surface area contributed by atoms with E-state index in [1.165, 1.54) is 7.11 Å². The van der Waals surface area contributed by atoms with Crippen molar-refractivity contribution in [1.29, 1.82) is 0 Å². The smallest absolute Gasteiger partial charge is 0.412 e. The molecule has 0 radical (unpaired) electrons. The van der Waals surface area contributed by atoms with E-state index in [-0.39, 0.29) is 0 Å². The zero-order valence-corrected chi connectivity index (χ0v) is 13.0. The van der Waals surface area contributed by atoms with E-state index < -0.39 is 23.7 Å². The highest BCUT2D eigenvalue weighted by Crippen LogP contribution is 2.21. The van der Waals surface area contributed by atoms with Gasteiger partial charge in [-0.2, -0.15) is 0 Å². The van der Waals surface area contributed by atoms with Gasteiger partial charge in [0.15, 0.2) is 0 Å². The standard InChI is InChI=1S/C15H22N2O4/c1-9-8-10(12(16)13(18)20-5)6-7-11(9)17-14(19)21-15(2,3)4/h6-8,12H,16H2,1-5H3,(H,17,19). The van der Waals surface area contributed by atoms with Crippen molar-refractivity contribution in [2.24, 2.45) is 5.73 Å². The molecule has 21 heavy (non-hydrogen) atoms. The largest absolute Gasteiger partial charge is 0.468 e. The molecule has 1 aromatic rings. The number of hydrogen-bond acceptors (Lipinski definition) is 5.